The van der Waals surface area contributed by atoms with E-state index in [2.05, 4.69) is 15.6 Å². The average Bonchev–Trinajstić information content (AvgIpc) is 3.07. The minimum atomic E-state index is -0.557. The second-order valence-electron chi connectivity index (χ2n) is 12.0. The Balaban J connectivity index is 1.59. The van der Waals surface area contributed by atoms with Gasteiger partial charge in [-0.05, 0) is 87.7 Å². The van der Waals surface area contributed by atoms with Crippen molar-refractivity contribution in [2.45, 2.75) is 58.3 Å². The number of hydrogen-bond acceptors (Lipinski definition) is 7. The van der Waals surface area contributed by atoms with Crippen LogP contribution in [0.5, 0.6) is 5.75 Å². The Labute approximate surface area is 275 Å². The largest absolute Gasteiger partial charge is 0.490 e. The smallest absolute Gasteiger partial charge is 0.321 e. The molecule has 3 N–H and O–H groups in total. The van der Waals surface area contributed by atoms with Gasteiger partial charge in [0.1, 0.15) is 11.6 Å². The molecule has 0 saturated carbocycles. The summed E-state index contributed by atoms with van der Waals surface area (Å²) in [6.07, 6.45) is 4.71. The Bertz CT molecular complexity index is 1490. The van der Waals surface area contributed by atoms with E-state index in [1.54, 1.807) is 49.2 Å². The highest BCUT2D eigenvalue weighted by molar-refractivity contribution is 6.05. The lowest BCUT2D eigenvalue weighted by atomic mass is 10.0. The number of fused-ring (bicyclic) bond motifs is 1. The second-order valence-corrected chi connectivity index (χ2v) is 12.0. The van der Waals surface area contributed by atoms with Crippen LogP contribution in [0.2, 0.25) is 0 Å². The third kappa shape index (κ3) is 9.97. The number of anilines is 2. The SMILES string of the molecule is C[C@@H]1CCCCO[C@H](CN(C)C(=O)Nc2ccc(F)cc2)[C@H](C)CN([C@H](C)CO)C(=O)c2cc(NC(=O)c3ccncc3)ccc2O1. The van der Waals surface area contributed by atoms with Crippen LogP contribution in [-0.4, -0.2) is 89.3 Å². The van der Waals surface area contributed by atoms with E-state index in [0.29, 0.717) is 35.7 Å². The second kappa shape index (κ2) is 16.8. The molecule has 3 aromatic rings. The molecule has 4 rings (SSSR count). The number of hydrogen-bond donors (Lipinski definition) is 3. The molecule has 11 nitrogen and oxygen atoms in total. The molecule has 1 aromatic heterocycles. The molecule has 1 aliphatic rings. The predicted molar refractivity (Wildman–Crippen MR) is 177 cm³/mol. The van der Waals surface area contributed by atoms with E-state index < -0.39 is 18.0 Å². The number of urea groups is 1. The van der Waals surface area contributed by atoms with Crippen molar-refractivity contribution in [1.29, 1.82) is 0 Å². The van der Waals surface area contributed by atoms with Gasteiger partial charge in [-0.3, -0.25) is 14.6 Å². The Morgan fingerprint density at radius 2 is 1.77 bits per heavy atom. The Morgan fingerprint density at radius 3 is 2.47 bits per heavy atom. The van der Waals surface area contributed by atoms with Crippen LogP contribution in [0.3, 0.4) is 0 Å². The number of nitrogens with zero attached hydrogens (tertiary/aromatic N) is 3. The van der Waals surface area contributed by atoms with Crippen molar-refractivity contribution in [1.82, 2.24) is 14.8 Å². The minimum absolute atomic E-state index is 0.207. The summed E-state index contributed by atoms with van der Waals surface area (Å²) in [4.78, 5) is 47.2. The maximum absolute atomic E-state index is 14.3. The number of halogens is 1. The molecule has 0 bridgehead atoms. The summed E-state index contributed by atoms with van der Waals surface area (Å²) in [6.45, 7) is 6.24. The molecule has 0 unspecified atom stereocenters. The summed E-state index contributed by atoms with van der Waals surface area (Å²) in [7, 11) is 1.65. The quantitative estimate of drug-likeness (QED) is 0.311. The zero-order chi connectivity index (χ0) is 33.9. The number of likely N-dealkylation sites (N-methyl/N-ethyl adjacent to an activating group) is 1. The Kier molecular flexibility index (Phi) is 12.7. The number of benzene rings is 2. The van der Waals surface area contributed by atoms with Crippen molar-refractivity contribution >= 4 is 29.2 Å². The highest BCUT2D eigenvalue weighted by Crippen LogP contribution is 2.29. The highest BCUT2D eigenvalue weighted by Gasteiger charge is 2.31. The van der Waals surface area contributed by atoms with E-state index in [1.807, 2.05) is 13.8 Å². The first-order chi connectivity index (χ1) is 22.5. The Hall–Kier alpha value is -4.55. The van der Waals surface area contributed by atoms with Crippen LogP contribution >= 0.6 is 0 Å². The maximum atomic E-state index is 14.3. The molecule has 4 amide bonds. The summed E-state index contributed by atoms with van der Waals surface area (Å²) in [6, 6.07) is 12.7. The Morgan fingerprint density at radius 1 is 1.06 bits per heavy atom. The molecule has 12 heteroatoms. The van der Waals surface area contributed by atoms with Crippen LogP contribution in [-0.2, 0) is 4.74 Å². The van der Waals surface area contributed by atoms with Crippen LogP contribution in [0.4, 0.5) is 20.6 Å². The molecule has 4 atom stereocenters. The van der Waals surface area contributed by atoms with Gasteiger partial charge >= 0.3 is 6.03 Å². The standard InChI is InChI=1S/C35H44FN5O6/c1-23-20-41(24(2)22-42)34(44)30-19-29(38-33(43)26-14-16-37-17-15-26)12-13-31(30)47-25(3)7-5-6-18-46-32(23)21-40(4)35(45)39-28-10-8-27(36)9-11-28/h8-17,19,23-25,32,42H,5-7,18,20-22H2,1-4H3,(H,38,43)(H,39,45)/t23-,24-,25-,32-/m1/s1. The van der Waals surface area contributed by atoms with Crippen LogP contribution in [0.25, 0.3) is 0 Å². The minimum Gasteiger partial charge on any atom is -0.490 e. The molecule has 0 spiro atoms. The van der Waals surface area contributed by atoms with Gasteiger partial charge in [0, 0.05) is 62.0 Å². The normalized spacial score (nSPS) is 19.8. The van der Waals surface area contributed by atoms with Crippen molar-refractivity contribution < 1.29 is 33.4 Å². The zero-order valence-electron chi connectivity index (χ0n) is 27.3. The number of ether oxygens (including phenoxy) is 2. The fourth-order valence-electron chi connectivity index (χ4n) is 5.27. The molecule has 0 aliphatic carbocycles. The molecular weight excluding hydrogens is 605 g/mol. The molecular formula is C35H44FN5O6. The average molecular weight is 650 g/mol. The van der Waals surface area contributed by atoms with Crippen molar-refractivity contribution in [3.63, 3.8) is 0 Å². The van der Waals surface area contributed by atoms with Crippen LogP contribution < -0.4 is 15.4 Å². The van der Waals surface area contributed by atoms with E-state index in [9.17, 15) is 23.9 Å². The highest BCUT2D eigenvalue weighted by atomic mass is 19.1. The first kappa shape index (κ1) is 35.3. The number of nitrogens with one attached hydrogen (secondary N) is 2. The van der Waals surface area contributed by atoms with E-state index in [4.69, 9.17) is 9.47 Å². The predicted octanol–water partition coefficient (Wildman–Crippen LogP) is 5.43. The van der Waals surface area contributed by atoms with Gasteiger partial charge < -0.3 is 35.0 Å². The number of aliphatic hydroxyl groups excluding tert-OH is 1. The van der Waals surface area contributed by atoms with Gasteiger partial charge in [0.15, 0.2) is 0 Å². The number of carbonyl (C=O) groups excluding carboxylic acids is 3. The first-order valence-corrected chi connectivity index (χ1v) is 15.9. The van der Waals surface area contributed by atoms with Gasteiger partial charge in [-0.15, -0.1) is 0 Å². The van der Waals surface area contributed by atoms with Gasteiger partial charge in [0.05, 0.1) is 30.4 Å². The monoisotopic (exact) mass is 649 g/mol. The van der Waals surface area contributed by atoms with Crippen molar-refractivity contribution in [3.8, 4) is 5.75 Å². The third-order valence-electron chi connectivity index (χ3n) is 8.15. The van der Waals surface area contributed by atoms with Crippen molar-refractivity contribution in [2.24, 2.45) is 5.92 Å². The zero-order valence-corrected chi connectivity index (χ0v) is 27.3. The number of amides is 4. The first-order valence-electron chi connectivity index (χ1n) is 15.9. The van der Waals surface area contributed by atoms with Crippen LogP contribution in [0.1, 0.15) is 60.7 Å². The summed E-state index contributed by atoms with van der Waals surface area (Å²) in [5.74, 6) is -0.997. The fraction of sp³-hybridized carbons (Fsp3) is 0.429. The van der Waals surface area contributed by atoms with E-state index >= 15 is 0 Å². The summed E-state index contributed by atoms with van der Waals surface area (Å²) in [5.41, 5.74) is 1.55. The number of pyridine rings is 1. The fourth-order valence-corrected chi connectivity index (χ4v) is 5.27. The van der Waals surface area contributed by atoms with Gasteiger partial charge in [-0.1, -0.05) is 6.92 Å². The molecule has 0 radical (unpaired) electrons. The van der Waals surface area contributed by atoms with Gasteiger partial charge in [0.25, 0.3) is 11.8 Å². The topological polar surface area (TPSA) is 133 Å². The van der Waals surface area contributed by atoms with E-state index in [1.165, 1.54) is 41.6 Å². The molecule has 2 aromatic carbocycles. The summed E-state index contributed by atoms with van der Waals surface area (Å²) >= 11 is 0. The summed E-state index contributed by atoms with van der Waals surface area (Å²) in [5, 5.41) is 15.8. The molecule has 0 fully saturated rings. The van der Waals surface area contributed by atoms with Gasteiger partial charge in [0.2, 0.25) is 0 Å². The molecule has 2 heterocycles. The molecule has 47 heavy (non-hydrogen) atoms. The number of aliphatic hydroxyl groups is 1. The van der Waals surface area contributed by atoms with Crippen molar-refractivity contribution in [3.05, 3.63) is 83.9 Å². The van der Waals surface area contributed by atoms with Crippen molar-refractivity contribution in [2.75, 3.05) is 44.0 Å². The maximum Gasteiger partial charge on any atom is 0.321 e. The van der Waals surface area contributed by atoms with Crippen LogP contribution in [0.15, 0.2) is 67.0 Å². The number of aromatic nitrogens is 1. The lowest BCUT2D eigenvalue weighted by molar-refractivity contribution is -0.0115. The lowest BCUT2D eigenvalue weighted by Crippen LogP contribution is -2.48. The molecule has 252 valence electrons. The molecule has 1 aliphatic heterocycles. The number of rotatable bonds is 7. The third-order valence-corrected chi connectivity index (χ3v) is 8.15. The summed E-state index contributed by atoms with van der Waals surface area (Å²) < 4.78 is 25.9. The van der Waals surface area contributed by atoms with Crippen LogP contribution in [0, 0.1) is 11.7 Å². The number of carbonyl (C=O) groups is 3. The van der Waals surface area contributed by atoms with Gasteiger partial charge in [-0.2, -0.15) is 0 Å². The van der Waals surface area contributed by atoms with E-state index in [0.717, 1.165) is 12.8 Å². The molecule has 0 saturated heterocycles. The lowest BCUT2D eigenvalue weighted by Gasteiger charge is -2.35. The van der Waals surface area contributed by atoms with Gasteiger partial charge in [-0.25, -0.2) is 9.18 Å². The van der Waals surface area contributed by atoms with E-state index in [-0.39, 0.29) is 55.1 Å².